The van der Waals surface area contributed by atoms with Crippen molar-refractivity contribution in [2.75, 3.05) is 6.54 Å². The Morgan fingerprint density at radius 1 is 1.07 bits per heavy atom. The van der Waals surface area contributed by atoms with Gasteiger partial charge in [-0.15, -0.1) is 0 Å². The fourth-order valence-electron chi connectivity index (χ4n) is 4.25. The van der Waals surface area contributed by atoms with E-state index in [0.29, 0.717) is 6.04 Å². The van der Waals surface area contributed by atoms with Crippen LogP contribution in [-0.2, 0) is 0 Å². The van der Waals surface area contributed by atoms with Gasteiger partial charge in [0.05, 0.1) is 16.8 Å². The Morgan fingerprint density at radius 2 is 1.89 bits per heavy atom. The molecule has 2 heterocycles. The van der Waals surface area contributed by atoms with E-state index in [1.54, 1.807) is 0 Å². The van der Waals surface area contributed by atoms with Crippen molar-refractivity contribution in [1.82, 2.24) is 9.88 Å². The minimum atomic E-state index is 0.148. The zero-order chi connectivity index (χ0) is 19.7. The lowest BCUT2D eigenvalue weighted by Gasteiger charge is -2.35. The Hall–Kier alpha value is -2.68. The van der Waals surface area contributed by atoms with E-state index in [4.69, 9.17) is 4.98 Å². The van der Waals surface area contributed by atoms with Crippen molar-refractivity contribution in [3.63, 3.8) is 0 Å². The highest BCUT2D eigenvalue weighted by atomic mass is 16.2. The van der Waals surface area contributed by atoms with E-state index in [-0.39, 0.29) is 5.91 Å². The summed E-state index contributed by atoms with van der Waals surface area (Å²) in [5.41, 5.74) is 6.09. The highest BCUT2D eigenvalue weighted by molar-refractivity contribution is 6.07. The van der Waals surface area contributed by atoms with Crippen LogP contribution in [0.25, 0.3) is 22.2 Å². The largest absolute Gasteiger partial charge is 0.336 e. The molecular weight excluding hydrogens is 344 g/mol. The van der Waals surface area contributed by atoms with Crippen molar-refractivity contribution in [2.24, 2.45) is 0 Å². The summed E-state index contributed by atoms with van der Waals surface area (Å²) >= 11 is 0. The minimum Gasteiger partial charge on any atom is -0.336 e. The molecule has 2 aromatic carbocycles. The van der Waals surface area contributed by atoms with Crippen molar-refractivity contribution in [3.8, 4) is 11.3 Å². The minimum absolute atomic E-state index is 0.148. The SMILES string of the molecule is CCC1CCCCN1C(=O)c1cc(-c2ccc(C)c(C)c2)nc2ccccc12. The van der Waals surface area contributed by atoms with E-state index in [1.165, 1.54) is 17.5 Å². The molecule has 4 rings (SSSR count). The van der Waals surface area contributed by atoms with Crippen molar-refractivity contribution in [1.29, 1.82) is 0 Å². The highest BCUT2D eigenvalue weighted by Crippen LogP contribution is 2.29. The molecule has 1 unspecified atom stereocenters. The Morgan fingerprint density at radius 3 is 2.68 bits per heavy atom. The summed E-state index contributed by atoms with van der Waals surface area (Å²) in [6.45, 7) is 7.27. The molecule has 1 amide bonds. The molecule has 0 N–H and O–H groups in total. The zero-order valence-corrected chi connectivity index (χ0v) is 17.0. The van der Waals surface area contributed by atoms with Crippen LogP contribution in [0.3, 0.4) is 0 Å². The predicted octanol–water partition coefficient (Wildman–Crippen LogP) is 5.92. The number of aryl methyl sites for hydroxylation is 2. The second kappa shape index (κ2) is 7.75. The summed E-state index contributed by atoms with van der Waals surface area (Å²) in [5.74, 6) is 0.148. The molecule has 144 valence electrons. The number of para-hydroxylation sites is 1. The van der Waals surface area contributed by atoms with Gasteiger partial charge in [0, 0.05) is 23.5 Å². The van der Waals surface area contributed by atoms with Crippen LogP contribution < -0.4 is 0 Å². The number of carbonyl (C=O) groups excluding carboxylic acids is 1. The first-order valence-corrected chi connectivity index (χ1v) is 10.4. The van der Waals surface area contributed by atoms with Crippen LogP contribution in [0, 0.1) is 13.8 Å². The lowest BCUT2D eigenvalue weighted by Crippen LogP contribution is -2.43. The summed E-state index contributed by atoms with van der Waals surface area (Å²) < 4.78 is 0. The second-order valence-corrected chi connectivity index (χ2v) is 7.93. The van der Waals surface area contributed by atoms with Crippen molar-refractivity contribution in [3.05, 3.63) is 65.2 Å². The second-order valence-electron chi connectivity index (χ2n) is 7.93. The summed E-state index contributed by atoms with van der Waals surface area (Å²) in [5, 5.41) is 0.945. The molecule has 0 bridgehead atoms. The van der Waals surface area contributed by atoms with E-state index in [9.17, 15) is 4.79 Å². The summed E-state index contributed by atoms with van der Waals surface area (Å²) in [6, 6.07) is 16.7. The van der Waals surface area contributed by atoms with Gasteiger partial charge >= 0.3 is 0 Å². The van der Waals surface area contributed by atoms with Crippen LogP contribution >= 0.6 is 0 Å². The van der Waals surface area contributed by atoms with Crippen LogP contribution in [0.15, 0.2) is 48.5 Å². The topological polar surface area (TPSA) is 33.2 Å². The number of amides is 1. The van der Waals surface area contributed by atoms with Crippen LogP contribution in [0.1, 0.15) is 54.1 Å². The molecule has 1 atom stereocenters. The van der Waals surface area contributed by atoms with Gasteiger partial charge < -0.3 is 4.90 Å². The van der Waals surface area contributed by atoms with Crippen molar-refractivity contribution >= 4 is 16.8 Å². The predicted molar refractivity (Wildman–Crippen MR) is 116 cm³/mol. The first-order chi connectivity index (χ1) is 13.6. The normalized spacial score (nSPS) is 17.1. The smallest absolute Gasteiger partial charge is 0.254 e. The van der Waals surface area contributed by atoms with Gasteiger partial charge in [-0.05, 0) is 68.9 Å². The number of piperidine rings is 1. The third kappa shape index (κ3) is 3.42. The lowest BCUT2D eigenvalue weighted by molar-refractivity contribution is 0.0610. The molecule has 0 spiro atoms. The van der Waals surface area contributed by atoms with E-state index in [0.717, 1.165) is 53.5 Å². The molecule has 1 saturated heterocycles. The molecular formula is C25H28N2O. The molecule has 1 aliphatic heterocycles. The van der Waals surface area contributed by atoms with Gasteiger partial charge in [0.25, 0.3) is 5.91 Å². The number of fused-ring (bicyclic) bond motifs is 1. The van der Waals surface area contributed by atoms with Crippen molar-refractivity contribution < 1.29 is 4.79 Å². The molecule has 1 fully saturated rings. The van der Waals surface area contributed by atoms with E-state index in [2.05, 4.69) is 43.9 Å². The molecule has 1 aliphatic rings. The zero-order valence-electron chi connectivity index (χ0n) is 17.0. The monoisotopic (exact) mass is 372 g/mol. The number of pyridine rings is 1. The Kier molecular flexibility index (Phi) is 5.17. The van der Waals surface area contributed by atoms with E-state index >= 15 is 0 Å². The third-order valence-corrected chi connectivity index (χ3v) is 6.11. The standard InChI is InChI=1S/C25H28N2O/c1-4-20-9-7-8-14-27(20)25(28)22-16-24(19-13-12-17(2)18(3)15-19)26-23-11-6-5-10-21(22)23/h5-6,10-13,15-16,20H,4,7-9,14H2,1-3H3. The number of carbonyl (C=O) groups is 1. The summed E-state index contributed by atoms with van der Waals surface area (Å²) in [4.78, 5) is 20.6. The Balaban J connectivity index is 1.84. The molecule has 0 saturated carbocycles. The first-order valence-electron chi connectivity index (χ1n) is 10.4. The average molecular weight is 373 g/mol. The van der Waals surface area contributed by atoms with Gasteiger partial charge in [0.15, 0.2) is 0 Å². The molecule has 3 heteroatoms. The van der Waals surface area contributed by atoms with Gasteiger partial charge in [0.1, 0.15) is 0 Å². The molecule has 0 aliphatic carbocycles. The van der Waals surface area contributed by atoms with Crippen LogP contribution in [0.2, 0.25) is 0 Å². The molecule has 0 radical (unpaired) electrons. The lowest BCUT2D eigenvalue weighted by atomic mass is 9.96. The van der Waals surface area contributed by atoms with Crippen LogP contribution in [0.5, 0.6) is 0 Å². The first kappa shape index (κ1) is 18.7. The number of hydrogen-bond acceptors (Lipinski definition) is 2. The number of benzene rings is 2. The third-order valence-electron chi connectivity index (χ3n) is 6.11. The fraction of sp³-hybridized carbons (Fsp3) is 0.360. The fourth-order valence-corrected chi connectivity index (χ4v) is 4.25. The van der Waals surface area contributed by atoms with Gasteiger partial charge in [-0.2, -0.15) is 0 Å². The highest BCUT2D eigenvalue weighted by Gasteiger charge is 2.27. The van der Waals surface area contributed by atoms with Gasteiger partial charge in [-0.25, -0.2) is 4.98 Å². The number of likely N-dealkylation sites (tertiary alicyclic amines) is 1. The van der Waals surface area contributed by atoms with E-state index < -0.39 is 0 Å². The van der Waals surface area contributed by atoms with Gasteiger partial charge in [-0.3, -0.25) is 4.79 Å². The van der Waals surface area contributed by atoms with Crippen LogP contribution in [-0.4, -0.2) is 28.4 Å². The number of nitrogens with zero attached hydrogens (tertiary/aromatic N) is 2. The maximum absolute atomic E-state index is 13.6. The van der Waals surface area contributed by atoms with Crippen LogP contribution in [0.4, 0.5) is 0 Å². The molecule has 3 aromatic rings. The number of aromatic nitrogens is 1. The maximum Gasteiger partial charge on any atom is 0.254 e. The molecule has 3 nitrogen and oxygen atoms in total. The van der Waals surface area contributed by atoms with Crippen molar-refractivity contribution in [2.45, 2.75) is 52.5 Å². The van der Waals surface area contributed by atoms with Gasteiger partial charge in [0.2, 0.25) is 0 Å². The summed E-state index contributed by atoms with van der Waals surface area (Å²) in [7, 11) is 0. The quantitative estimate of drug-likeness (QED) is 0.571. The Labute approximate surface area is 167 Å². The maximum atomic E-state index is 13.6. The number of hydrogen-bond donors (Lipinski definition) is 0. The molecule has 28 heavy (non-hydrogen) atoms. The number of rotatable bonds is 3. The van der Waals surface area contributed by atoms with Gasteiger partial charge in [-0.1, -0.05) is 37.3 Å². The average Bonchev–Trinajstić information content (AvgIpc) is 2.74. The Bertz CT molecular complexity index is 1020. The summed E-state index contributed by atoms with van der Waals surface area (Å²) in [6.07, 6.45) is 4.43. The van der Waals surface area contributed by atoms with E-state index in [1.807, 2.05) is 30.3 Å². The molecule has 1 aromatic heterocycles.